The third-order valence-electron chi connectivity index (χ3n) is 4.30. The molecular formula is C14H22N4O. The molecule has 2 heterocycles. The minimum absolute atomic E-state index is 0.0938. The second-order valence-corrected chi connectivity index (χ2v) is 5.54. The predicted octanol–water partition coefficient (Wildman–Crippen LogP) is 2.19. The predicted molar refractivity (Wildman–Crippen MR) is 76.6 cm³/mol. The lowest BCUT2D eigenvalue weighted by Gasteiger charge is -2.39. The summed E-state index contributed by atoms with van der Waals surface area (Å²) in [6.45, 7) is 6.71. The number of aromatic nitrogens is 1. The number of nitrogens with zero attached hydrogens (tertiary/aromatic N) is 3. The Morgan fingerprint density at radius 2 is 2.16 bits per heavy atom. The van der Waals surface area contributed by atoms with Crippen molar-refractivity contribution in [3.63, 3.8) is 0 Å². The fraction of sp³-hybridized carbons (Fsp3) is 0.571. The van der Waals surface area contributed by atoms with E-state index < -0.39 is 0 Å². The van der Waals surface area contributed by atoms with E-state index in [1.54, 1.807) is 6.20 Å². The SMILES string of the molecule is CCC1(C)CCN(c2ccc(C(N)=NO)cn2)CC1. The van der Waals surface area contributed by atoms with Gasteiger partial charge in [0.05, 0.1) is 0 Å². The molecule has 1 aliphatic heterocycles. The van der Waals surface area contributed by atoms with Crippen LogP contribution < -0.4 is 10.6 Å². The number of piperidine rings is 1. The molecule has 0 atom stereocenters. The summed E-state index contributed by atoms with van der Waals surface area (Å²) in [6.07, 6.45) is 5.29. The second-order valence-electron chi connectivity index (χ2n) is 5.54. The molecule has 0 amide bonds. The van der Waals surface area contributed by atoms with Gasteiger partial charge in [-0.2, -0.15) is 0 Å². The normalized spacial score (nSPS) is 19.5. The molecule has 2 rings (SSSR count). The molecule has 0 bridgehead atoms. The van der Waals surface area contributed by atoms with Crippen LogP contribution in [-0.2, 0) is 0 Å². The highest BCUT2D eigenvalue weighted by Gasteiger charge is 2.28. The quantitative estimate of drug-likeness (QED) is 0.379. The number of pyridine rings is 1. The lowest BCUT2D eigenvalue weighted by Crippen LogP contribution is -2.38. The first-order valence-corrected chi connectivity index (χ1v) is 6.77. The molecule has 1 aromatic heterocycles. The number of rotatable bonds is 3. The van der Waals surface area contributed by atoms with Crippen LogP contribution in [0.25, 0.3) is 0 Å². The minimum atomic E-state index is 0.0938. The molecule has 1 aliphatic rings. The number of amidine groups is 1. The molecule has 0 aromatic carbocycles. The van der Waals surface area contributed by atoms with Crippen molar-refractivity contribution in [2.24, 2.45) is 16.3 Å². The Bertz CT molecular complexity index is 447. The van der Waals surface area contributed by atoms with Gasteiger partial charge in [0.25, 0.3) is 0 Å². The lowest BCUT2D eigenvalue weighted by atomic mass is 9.78. The molecule has 1 saturated heterocycles. The Morgan fingerprint density at radius 3 is 2.63 bits per heavy atom. The van der Waals surface area contributed by atoms with Crippen molar-refractivity contribution in [2.45, 2.75) is 33.1 Å². The highest BCUT2D eigenvalue weighted by molar-refractivity contribution is 5.96. The first-order chi connectivity index (χ1) is 9.08. The Kier molecular flexibility index (Phi) is 3.93. The standard InChI is InChI=1S/C14H22N4O/c1-3-14(2)6-8-18(9-7-14)12-5-4-11(10-16-12)13(15)17-19/h4-5,10,19H,3,6-9H2,1-2H3,(H2,15,17). The number of anilines is 1. The zero-order valence-corrected chi connectivity index (χ0v) is 11.6. The summed E-state index contributed by atoms with van der Waals surface area (Å²) in [6, 6.07) is 3.77. The van der Waals surface area contributed by atoms with Crippen LogP contribution in [0.2, 0.25) is 0 Å². The maximum Gasteiger partial charge on any atom is 0.171 e. The highest BCUT2D eigenvalue weighted by atomic mass is 16.4. The molecular weight excluding hydrogens is 240 g/mol. The summed E-state index contributed by atoms with van der Waals surface area (Å²) < 4.78 is 0. The van der Waals surface area contributed by atoms with Crippen molar-refractivity contribution in [1.29, 1.82) is 0 Å². The van der Waals surface area contributed by atoms with Crippen molar-refractivity contribution in [3.05, 3.63) is 23.9 Å². The molecule has 1 fully saturated rings. The second kappa shape index (κ2) is 5.47. The summed E-state index contributed by atoms with van der Waals surface area (Å²) >= 11 is 0. The maximum absolute atomic E-state index is 8.62. The molecule has 1 aromatic rings. The van der Waals surface area contributed by atoms with Gasteiger partial charge in [0.2, 0.25) is 0 Å². The third kappa shape index (κ3) is 2.97. The molecule has 0 saturated carbocycles. The van der Waals surface area contributed by atoms with Gasteiger partial charge < -0.3 is 15.8 Å². The van der Waals surface area contributed by atoms with E-state index in [4.69, 9.17) is 10.9 Å². The van der Waals surface area contributed by atoms with Crippen LogP contribution in [0.3, 0.4) is 0 Å². The monoisotopic (exact) mass is 262 g/mol. The van der Waals surface area contributed by atoms with Gasteiger partial charge in [0.1, 0.15) is 5.82 Å². The number of hydrogen-bond acceptors (Lipinski definition) is 4. The average molecular weight is 262 g/mol. The Hall–Kier alpha value is -1.78. The van der Waals surface area contributed by atoms with E-state index in [1.165, 1.54) is 19.3 Å². The maximum atomic E-state index is 8.62. The fourth-order valence-corrected chi connectivity index (χ4v) is 2.41. The van der Waals surface area contributed by atoms with Gasteiger partial charge in [0.15, 0.2) is 5.84 Å². The van der Waals surface area contributed by atoms with Gasteiger partial charge in [0, 0.05) is 24.8 Å². The molecule has 104 valence electrons. The largest absolute Gasteiger partial charge is 0.409 e. The van der Waals surface area contributed by atoms with Crippen LogP contribution in [0.15, 0.2) is 23.5 Å². The summed E-state index contributed by atoms with van der Waals surface area (Å²) in [7, 11) is 0. The number of hydrogen-bond donors (Lipinski definition) is 2. The first-order valence-electron chi connectivity index (χ1n) is 6.77. The fourth-order valence-electron chi connectivity index (χ4n) is 2.41. The lowest BCUT2D eigenvalue weighted by molar-refractivity contribution is 0.238. The summed E-state index contributed by atoms with van der Waals surface area (Å²) in [5, 5.41) is 11.6. The van der Waals surface area contributed by atoms with Gasteiger partial charge in [-0.05, 0) is 30.4 Å². The first kappa shape index (κ1) is 13.6. The Morgan fingerprint density at radius 1 is 1.47 bits per heavy atom. The molecule has 0 spiro atoms. The van der Waals surface area contributed by atoms with E-state index in [1.807, 2.05) is 12.1 Å². The zero-order valence-electron chi connectivity index (χ0n) is 11.6. The number of oxime groups is 1. The molecule has 0 aliphatic carbocycles. The molecule has 5 nitrogen and oxygen atoms in total. The van der Waals surface area contributed by atoms with E-state index in [0.29, 0.717) is 11.0 Å². The molecule has 19 heavy (non-hydrogen) atoms. The van der Waals surface area contributed by atoms with E-state index in [9.17, 15) is 0 Å². The minimum Gasteiger partial charge on any atom is -0.409 e. The van der Waals surface area contributed by atoms with Gasteiger partial charge >= 0.3 is 0 Å². The van der Waals surface area contributed by atoms with Crippen LogP contribution in [-0.4, -0.2) is 29.1 Å². The van der Waals surface area contributed by atoms with Gasteiger partial charge in [-0.15, -0.1) is 0 Å². The highest BCUT2D eigenvalue weighted by Crippen LogP contribution is 2.35. The Labute approximate surface area is 114 Å². The number of nitrogens with two attached hydrogens (primary N) is 1. The smallest absolute Gasteiger partial charge is 0.171 e. The molecule has 0 unspecified atom stereocenters. The van der Waals surface area contributed by atoms with Crippen LogP contribution in [0, 0.1) is 5.41 Å². The Balaban J connectivity index is 2.04. The van der Waals surface area contributed by atoms with E-state index in [0.717, 1.165) is 18.9 Å². The topological polar surface area (TPSA) is 74.7 Å². The van der Waals surface area contributed by atoms with Crippen LogP contribution in [0.4, 0.5) is 5.82 Å². The average Bonchev–Trinajstić information content (AvgIpc) is 2.47. The van der Waals surface area contributed by atoms with Gasteiger partial charge in [-0.3, -0.25) is 0 Å². The van der Waals surface area contributed by atoms with Gasteiger partial charge in [-0.1, -0.05) is 25.4 Å². The zero-order chi connectivity index (χ0) is 13.9. The van der Waals surface area contributed by atoms with Crippen LogP contribution in [0.1, 0.15) is 38.7 Å². The summed E-state index contributed by atoms with van der Waals surface area (Å²) in [4.78, 5) is 6.70. The molecule has 5 heteroatoms. The van der Waals surface area contributed by atoms with E-state index >= 15 is 0 Å². The van der Waals surface area contributed by atoms with Crippen molar-refractivity contribution in [3.8, 4) is 0 Å². The van der Waals surface area contributed by atoms with Gasteiger partial charge in [-0.25, -0.2) is 4.98 Å². The molecule has 3 N–H and O–H groups in total. The summed E-state index contributed by atoms with van der Waals surface area (Å²) in [5.41, 5.74) is 6.64. The van der Waals surface area contributed by atoms with Crippen molar-refractivity contribution >= 4 is 11.7 Å². The third-order valence-corrected chi connectivity index (χ3v) is 4.30. The van der Waals surface area contributed by atoms with Crippen molar-refractivity contribution in [2.75, 3.05) is 18.0 Å². The molecule has 0 radical (unpaired) electrons. The van der Waals surface area contributed by atoms with E-state index in [-0.39, 0.29) is 5.84 Å². The van der Waals surface area contributed by atoms with Crippen LogP contribution in [0.5, 0.6) is 0 Å². The van der Waals surface area contributed by atoms with Crippen molar-refractivity contribution < 1.29 is 5.21 Å². The van der Waals surface area contributed by atoms with E-state index in [2.05, 4.69) is 28.9 Å². The summed E-state index contributed by atoms with van der Waals surface area (Å²) in [5.74, 6) is 1.06. The van der Waals surface area contributed by atoms with Crippen LogP contribution >= 0.6 is 0 Å². The van der Waals surface area contributed by atoms with Crippen molar-refractivity contribution in [1.82, 2.24) is 4.98 Å².